The Hall–Kier alpha value is -0.620. The summed E-state index contributed by atoms with van der Waals surface area (Å²) in [4.78, 5) is 0.283. The summed E-state index contributed by atoms with van der Waals surface area (Å²) in [6, 6.07) is 4.83. The first-order valence-electron chi connectivity index (χ1n) is 6.51. The van der Waals surface area contributed by atoms with Gasteiger partial charge in [0, 0.05) is 18.1 Å². The van der Waals surface area contributed by atoms with E-state index in [4.69, 9.17) is 11.6 Å². The first-order chi connectivity index (χ1) is 9.03. The van der Waals surface area contributed by atoms with E-state index in [-0.39, 0.29) is 4.90 Å². The molecule has 6 heteroatoms. The number of nitrogens with one attached hydrogen (secondary N) is 2. The Kier molecular flexibility index (Phi) is 4.84. The molecular weight excluding hydrogens is 284 g/mol. The molecule has 19 heavy (non-hydrogen) atoms. The molecule has 0 saturated heterocycles. The van der Waals surface area contributed by atoms with Gasteiger partial charge in [0.25, 0.3) is 0 Å². The van der Waals surface area contributed by atoms with E-state index in [0.717, 1.165) is 24.9 Å². The van der Waals surface area contributed by atoms with E-state index < -0.39 is 10.0 Å². The largest absolute Gasteiger partial charge is 0.313 e. The summed E-state index contributed by atoms with van der Waals surface area (Å²) in [5.41, 5.74) is 0.804. The monoisotopic (exact) mass is 302 g/mol. The van der Waals surface area contributed by atoms with Gasteiger partial charge in [-0.15, -0.1) is 0 Å². The molecule has 1 aromatic carbocycles. The molecule has 2 N–H and O–H groups in total. The van der Waals surface area contributed by atoms with Gasteiger partial charge in [-0.1, -0.05) is 18.5 Å². The summed E-state index contributed by atoms with van der Waals surface area (Å²) in [5.74, 6) is 0.517. The van der Waals surface area contributed by atoms with Crippen molar-refractivity contribution in [2.24, 2.45) is 5.92 Å². The first-order valence-corrected chi connectivity index (χ1v) is 8.38. The molecule has 0 atom stereocenters. The highest BCUT2D eigenvalue weighted by molar-refractivity contribution is 7.89. The summed E-state index contributed by atoms with van der Waals surface area (Å²) in [6.45, 7) is 3.91. The van der Waals surface area contributed by atoms with Crippen LogP contribution < -0.4 is 10.0 Å². The van der Waals surface area contributed by atoms with E-state index in [2.05, 4.69) is 10.0 Å². The number of sulfonamides is 1. The maximum atomic E-state index is 12.1. The van der Waals surface area contributed by atoms with Gasteiger partial charge in [-0.25, -0.2) is 13.1 Å². The lowest BCUT2D eigenvalue weighted by atomic mass is 10.2. The molecule has 0 aliphatic heterocycles. The fourth-order valence-corrected chi connectivity index (χ4v) is 3.10. The summed E-state index contributed by atoms with van der Waals surface area (Å²) in [6.07, 6.45) is 2.24. The van der Waals surface area contributed by atoms with Crippen molar-refractivity contribution < 1.29 is 8.42 Å². The molecular formula is C13H19ClN2O2S. The van der Waals surface area contributed by atoms with Gasteiger partial charge in [-0.3, -0.25) is 0 Å². The fraction of sp³-hybridized carbons (Fsp3) is 0.538. The lowest BCUT2D eigenvalue weighted by molar-refractivity contribution is 0.577. The van der Waals surface area contributed by atoms with Crippen LogP contribution in [0.5, 0.6) is 0 Å². The highest BCUT2D eigenvalue weighted by atomic mass is 35.5. The number of halogens is 1. The smallest absolute Gasteiger partial charge is 0.240 e. The van der Waals surface area contributed by atoms with Crippen LogP contribution >= 0.6 is 11.6 Å². The molecule has 0 amide bonds. The van der Waals surface area contributed by atoms with Crippen LogP contribution in [-0.2, 0) is 16.6 Å². The van der Waals surface area contributed by atoms with Crippen LogP contribution in [0, 0.1) is 5.92 Å². The van der Waals surface area contributed by atoms with E-state index >= 15 is 0 Å². The molecule has 0 aromatic heterocycles. The summed E-state index contributed by atoms with van der Waals surface area (Å²) >= 11 is 6.06. The minimum atomic E-state index is -3.42. The highest BCUT2D eigenvalue weighted by Crippen LogP contribution is 2.28. The Labute approximate surface area is 119 Å². The molecule has 0 spiro atoms. The topological polar surface area (TPSA) is 58.2 Å². The molecule has 2 rings (SSSR count). The van der Waals surface area contributed by atoms with Crippen molar-refractivity contribution >= 4 is 21.6 Å². The van der Waals surface area contributed by atoms with Gasteiger partial charge in [0.15, 0.2) is 0 Å². The Morgan fingerprint density at radius 2 is 2.11 bits per heavy atom. The molecule has 0 unspecified atom stereocenters. The zero-order valence-corrected chi connectivity index (χ0v) is 12.5. The van der Waals surface area contributed by atoms with Gasteiger partial charge < -0.3 is 5.32 Å². The van der Waals surface area contributed by atoms with Gasteiger partial charge in [-0.2, -0.15) is 0 Å². The molecule has 0 heterocycles. The minimum Gasteiger partial charge on any atom is -0.313 e. The molecule has 1 aliphatic carbocycles. The molecule has 1 aliphatic rings. The molecule has 1 saturated carbocycles. The Balaban J connectivity index is 2.13. The van der Waals surface area contributed by atoms with Crippen LogP contribution in [0.1, 0.15) is 25.3 Å². The number of benzene rings is 1. The second kappa shape index (κ2) is 6.22. The van der Waals surface area contributed by atoms with Crippen molar-refractivity contribution in [3.05, 3.63) is 28.8 Å². The predicted molar refractivity (Wildman–Crippen MR) is 76.7 cm³/mol. The average molecular weight is 303 g/mol. The Morgan fingerprint density at radius 1 is 1.37 bits per heavy atom. The standard InChI is InChI=1S/C13H19ClN2O2S/c1-2-15-9-11-7-12(5-6-13(11)14)19(17,18)16-8-10-3-4-10/h5-7,10,15-16H,2-4,8-9H2,1H3. The third-order valence-electron chi connectivity index (χ3n) is 3.15. The van der Waals surface area contributed by atoms with Gasteiger partial charge in [-0.05, 0) is 49.1 Å². The predicted octanol–water partition coefficient (Wildman–Crippen LogP) is 2.14. The maximum Gasteiger partial charge on any atom is 0.240 e. The lowest BCUT2D eigenvalue weighted by Gasteiger charge is -2.10. The van der Waals surface area contributed by atoms with Gasteiger partial charge >= 0.3 is 0 Å². The second-order valence-electron chi connectivity index (χ2n) is 4.83. The highest BCUT2D eigenvalue weighted by Gasteiger charge is 2.24. The second-order valence-corrected chi connectivity index (χ2v) is 7.00. The Bertz CT molecular complexity index is 542. The molecule has 4 nitrogen and oxygen atoms in total. The average Bonchev–Trinajstić information content (AvgIpc) is 3.19. The van der Waals surface area contributed by atoms with Crippen LogP contribution in [0.2, 0.25) is 5.02 Å². The fourth-order valence-electron chi connectivity index (χ4n) is 1.75. The van der Waals surface area contributed by atoms with E-state index in [1.165, 1.54) is 0 Å². The van der Waals surface area contributed by atoms with E-state index in [1.54, 1.807) is 18.2 Å². The zero-order chi connectivity index (χ0) is 13.9. The molecule has 1 aromatic rings. The zero-order valence-electron chi connectivity index (χ0n) is 10.9. The van der Waals surface area contributed by atoms with Gasteiger partial charge in [0.05, 0.1) is 4.90 Å². The molecule has 1 fully saturated rings. The van der Waals surface area contributed by atoms with Gasteiger partial charge in [0.2, 0.25) is 10.0 Å². The van der Waals surface area contributed by atoms with Crippen molar-refractivity contribution in [3.63, 3.8) is 0 Å². The van der Waals surface area contributed by atoms with Crippen LogP contribution in [0.25, 0.3) is 0 Å². The van der Waals surface area contributed by atoms with Crippen molar-refractivity contribution in [1.29, 1.82) is 0 Å². The first kappa shape index (κ1) is 14.8. The molecule has 0 bridgehead atoms. The third kappa shape index (κ3) is 4.18. The Morgan fingerprint density at radius 3 is 2.74 bits per heavy atom. The van der Waals surface area contributed by atoms with Crippen LogP contribution in [0.4, 0.5) is 0 Å². The van der Waals surface area contributed by atoms with E-state index in [1.807, 2.05) is 6.92 Å². The SMILES string of the molecule is CCNCc1cc(S(=O)(=O)NCC2CC2)ccc1Cl. The van der Waals surface area contributed by atoms with Gasteiger partial charge in [0.1, 0.15) is 0 Å². The normalized spacial score (nSPS) is 15.7. The molecule has 0 radical (unpaired) electrons. The van der Waals surface area contributed by atoms with Crippen molar-refractivity contribution in [2.45, 2.75) is 31.2 Å². The summed E-state index contributed by atoms with van der Waals surface area (Å²) < 4.78 is 26.9. The number of rotatable bonds is 7. The van der Waals surface area contributed by atoms with Crippen LogP contribution in [0.3, 0.4) is 0 Å². The lowest BCUT2D eigenvalue weighted by Crippen LogP contribution is -2.26. The number of hydrogen-bond acceptors (Lipinski definition) is 3. The maximum absolute atomic E-state index is 12.1. The molecule has 106 valence electrons. The van der Waals surface area contributed by atoms with Crippen LogP contribution in [0.15, 0.2) is 23.1 Å². The third-order valence-corrected chi connectivity index (χ3v) is 4.94. The quantitative estimate of drug-likeness (QED) is 0.811. The summed E-state index contributed by atoms with van der Waals surface area (Å²) in [7, 11) is -3.42. The van der Waals surface area contributed by atoms with E-state index in [9.17, 15) is 8.42 Å². The van der Waals surface area contributed by atoms with Crippen molar-refractivity contribution in [1.82, 2.24) is 10.0 Å². The summed E-state index contributed by atoms with van der Waals surface area (Å²) in [5, 5.41) is 3.73. The van der Waals surface area contributed by atoms with E-state index in [0.29, 0.717) is 24.0 Å². The minimum absolute atomic E-state index is 0.283. The van der Waals surface area contributed by atoms with Crippen molar-refractivity contribution in [2.75, 3.05) is 13.1 Å². The van der Waals surface area contributed by atoms with Crippen molar-refractivity contribution in [3.8, 4) is 0 Å². The van der Waals surface area contributed by atoms with Crippen LogP contribution in [-0.4, -0.2) is 21.5 Å². The number of hydrogen-bond donors (Lipinski definition) is 2.